The third-order valence-corrected chi connectivity index (χ3v) is 2.68. The van der Waals surface area contributed by atoms with Crippen LogP contribution in [-0.4, -0.2) is 20.5 Å². The normalized spacial score (nSPS) is 10.4. The van der Waals surface area contributed by atoms with E-state index in [0.717, 1.165) is 4.47 Å². The fraction of sp³-hybridized carbons (Fsp3) is 0.182. The average Bonchev–Trinajstić information content (AvgIpc) is 2.77. The van der Waals surface area contributed by atoms with Crippen LogP contribution >= 0.6 is 15.9 Å². The molecule has 16 heavy (non-hydrogen) atoms. The van der Waals surface area contributed by atoms with E-state index in [1.54, 1.807) is 35.3 Å². The molecule has 0 aliphatic carbocycles. The fourth-order valence-corrected chi connectivity index (χ4v) is 1.65. The Balaban J connectivity index is 2.35. The van der Waals surface area contributed by atoms with E-state index in [-0.39, 0.29) is 5.78 Å². The maximum absolute atomic E-state index is 12.1. The fourth-order valence-electron chi connectivity index (χ4n) is 1.42. The Morgan fingerprint density at radius 3 is 2.88 bits per heavy atom. The van der Waals surface area contributed by atoms with Gasteiger partial charge in [-0.05, 0) is 41.1 Å². The molecule has 0 saturated carbocycles. The van der Waals surface area contributed by atoms with Crippen LogP contribution < -0.4 is 0 Å². The van der Waals surface area contributed by atoms with E-state index in [1.165, 1.54) is 0 Å². The highest BCUT2D eigenvalue weighted by Gasteiger charge is 2.14. The first-order valence-corrected chi connectivity index (χ1v) is 5.69. The van der Waals surface area contributed by atoms with Gasteiger partial charge in [-0.15, -0.1) is 0 Å². The van der Waals surface area contributed by atoms with Gasteiger partial charge in [0, 0.05) is 23.4 Å². The molecule has 0 amide bonds. The van der Waals surface area contributed by atoms with Gasteiger partial charge in [0.1, 0.15) is 11.4 Å². The zero-order valence-electron chi connectivity index (χ0n) is 8.72. The van der Waals surface area contributed by atoms with Crippen molar-refractivity contribution in [2.45, 2.75) is 13.5 Å². The molecule has 0 bridgehead atoms. The van der Waals surface area contributed by atoms with Crippen molar-refractivity contribution in [2.75, 3.05) is 0 Å². The third-order valence-electron chi connectivity index (χ3n) is 2.21. The maximum Gasteiger partial charge on any atom is 0.229 e. The number of carbonyl (C=O) groups excluding carboxylic acids is 1. The van der Waals surface area contributed by atoms with Gasteiger partial charge in [0.25, 0.3) is 0 Å². The molecule has 0 spiro atoms. The lowest BCUT2D eigenvalue weighted by molar-refractivity contribution is 0.102. The molecule has 2 heterocycles. The lowest BCUT2D eigenvalue weighted by Gasteiger charge is -2.03. The topological polar surface area (TPSA) is 47.8 Å². The summed E-state index contributed by atoms with van der Waals surface area (Å²) in [4.78, 5) is 16.1. The van der Waals surface area contributed by atoms with Gasteiger partial charge in [-0.1, -0.05) is 0 Å². The molecule has 0 saturated heterocycles. The Morgan fingerprint density at radius 2 is 2.25 bits per heavy atom. The smallest absolute Gasteiger partial charge is 0.229 e. The second-order valence-corrected chi connectivity index (χ2v) is 4.14. The van der Waals surface area contributed by atoms with E-state index in [4.69, 9.17) is 0 Å². The van der Waals surface area contributed by atoms with E-state index in [1.807, 2.05) is 6.92 Å². The Bertz CT molecular complexity index is 504. The Morgan fingerprint density at radius 1 is 1.44 bits per heavy atom. The molecule has 0 radical (unpaired) electrons. The van der Waals surface area contributed by atoms with E-state index in [0.29, 0.717) is 17.9 Å². The molecule has 2 aromatic heterocycles. The van der Waals surface area contributed by atoms with Crippen LogP contribution in [0.2, 0.25) is 0 Å². The summed E-state index contributed by atoms with van der Waals surface area (Å²) in [6.45, 7) is 2.61. The molecular formula is C11H10BrN3O. The second-order valence-electron chi connectivity index (χ2n) is 3.22. The molecular weight excluding hydrogens is 270 g/mol. The molecule has 2 aromatic rings. The highest BCUT2D eigenvalue weighted by atomic mass is 79.9. The highest BCUT2D eigenvalue weighted by molar-refractivity contribution is 9.10. The van der Waals surface area contributed by atoms with Gasteiger partial charge in [0.2, 0.25) is 5.78 Å². The van der Waals surface area contributed by atoms with E-state index >= 15 is 0 Å². The van der Waals surface area contributed by atoms with E-state index in [9.17, 15) is 4.79 Å². The molecule has 82 valence electrons. The van der Waals surface area contributed by atoms with E-state index in [2.05, 4.69) is 26.0 Å². The van der Waals surface area contributed by atoms with Crippen molar-refractivity contribution in [1.82, 2.24) is 14.8 Å². The lowest BCUT2D eigenvalue weighted by atomic mass is 10.2. The van der Waals surface area contributed by atoms with Crippen molar-refractivity contribution in [1.29, 1.82) is 0 Å². The highest BCUT2D eigenvalue weighted by Crippen LogP contribution is 2.11. The van der Waals surface area contributed by atoms with Crippen LogP contribution in [0.15, 0.2) is 35.1 Å². The predicted molar refractivity (Wildman–Crippen MR) is 63.3 cm³/mol. The summed E-state index contributed by atoms with van der Waals surface area (Å²) in [5, 5.41) is 4.06. The number of carbonyl (C=O) groups is 1. The minimum absolute atomic E-state index is 0.105. The SMILES string of the molecule is CCn1nccc1C(=O)c1ccc(Br)cn1. The van der Waals surface area contributed by atoms with Crippen LogP contribution in [-0.2, 0) is 6.54 Å². The number of hydrogen-bond donors (Lipinski definition) is 0. The minimum Gasteiger partial charge on any atom is -0.285 e. The molecule has 5 heteroatoms. The summed E-state index contributed by atoms with van der Waals surface area (Å²) in [6, 6.07) is 5.20. The number of nitrogens with zero attached hydrogens (tertiary/aromatic N) is 3. The van der Waals surface area contributed by atoms with Crippen molar-refractivity contribution in [2.24, 2.45) is 0 Å². The van der Waals surface area contributed by atoms with Crippen LogP contribution in [0.4, 0.5) is 0 Å². The number of pyridine rings is 1. The summed E-state index contributed by atoms with van der Waals surface area (Å²) in [5.74, 6) is -0.105. The monoisotopic (exact) mass is 279 g/mol. The lowest BCUT2D eigenvalue weighted by Crippen LogP contribution is -2.11. The molecule has 0 atom stereocenters. The molecule has 0 aliphatic heterocycles. The second kappa shape index (κ2) is 4.57. The number of aromatic nitrogens is 3. The summed E-state index contributed by atoms with van der Waals surface area (Å²) < 4.78 is 2.51. The first-order valence-electron chi connectivity index (χ1n) is 4.90. The molecule has 4 nitrogen and oxygen atoms in total. The average molecular weight is 280 g/mol. The van der Waals surface area contributed by atoms with Crippen LogP contribution in [0.5, 0.6) is 0 Å². The van der Waals surface area contributed by atoms with Gasteiger partial charge in [0.05, 0.1) is 0 Å². The standard InChI is InChI=1S/C11H10BrN3O/c1-2-15-10(5-6-14-15)11(16)9-4-3-8(12)7-13-9/h3-7H,2H2,1H3. The quantitative estimate of drug-likeness (QED) is 0.810. The summed E-state index contributed by atoms with van der Waals surface area (Å²) >= 11 is 3.28. The van der Waals surface area contributed by atoms with Gasteiger partial charge in [-0.2, -0.15) is 5.10 Å². The maximum atomic E-state index is 12.1. The Kier molecular flexibility index (Phi) is 3.14. The first kappa shape index (κ1) is 11.0. The summed E-state index contributed by atoms with van der Waals surface area (Å²) in [5.41, 5.74) is 0.996. The van der Waals surface area contributed by atoms with Gasteiger partial charge in [0.15, 0.2) is 0 Å². The van der Waals surface area contributed by atoms with Gasteiger partial charge in [-0.3, -0.25) is 14.5 Å². The van der Waals surface area contributed by atoms with Crippen LogP contribution in [0, 0.1) is 0 Å². The summed E-state index contributed by atoms with van der Waals surface area (Å²) in [6.07, 6.45) is 3.23. The minimum atomic E-state index is -0.105. The van der Waals surface area contributed by atoms with Crippen LogP contribution in [0.1, 0.15) is 23.1 Å². The first-order chi connectivity index (χ1) is 7.72. The number of hydrogen-bond acceptors (Lipinski definition) is 3. The number of ketones is 1. The molecule has 0 N–H and O–H groups in total. The molecule has 0 aliphatic rings. The van der Waals surface area contributed by atoms with Gasteiger partial charge < -0.3 is 0 Å². The number of rotatable bonds is 3. The third kappa shape index (κ3) is 2.04. The predicted octanol–water partition coefficient (Wildman–Crippen LogP) is 2.29. The largest absolute Gasteiger partial charge is 0.285 e. The van der Waals surface area contributed by atoms with Gasteiger partial charge in [-0.25, -0.2) is 0 Å². The van der Waals surface area contributed by atoms with Crippen LogP contribution in [0.25, 0.3) is 0 Å². The zero-order chi connectivity index (χ0) is 11.5. The zero-order valence-corrected chi connectivity index (χ0v) is 10.3. The van der Waals surface area contributed by atoms with Crippen molar-refractivity contribution < 1.29 is 4.79 Å². The number of halogens is 1. The van der Waals surface area contributed by atoms with Crippen molar-refractivity contribution in [3.63, 3.8) is 0 Å². The van der Waals surface area contributed by atoms with Crippen LogP contribution in [0.3, 0.4) is 0 Å². The molecule has 0 fully saturated rings. The molecule has 0 unspecified atom stereocenters. The van der Waals surface area contributed by atoms with Crippen molar-refractivity contribution in [3.05, 3.63) is 46.5 Å². The van der Waals surface area contributed by atoms with E-state index < -0.39 is 0 Å². The molecule has 2 rings (SSSR count). The Labute approximate surface area is 101 Å². The van der Waals surface area contributed by atoms with Crippen molar-refractivity contribution >= 4 is 21.7 Å². The summed E-state index contributed by atoms with van der Waals surface area (Å²) in [7, 11) is 0. The Hall–Kier alpha value is -1.49. The number of aryl methyl sites for hydroxylation is 1. The van der Waals surface area contributed by atoms with Gasteiger partial charge >= 0.3 is 0 Å². The molecule has 0 aromatic carbocycles. The van der Waals surface area contributed by atoms with Crippen molar-refractivity contribution in [3.8, 4) is 0 Å².